The van der Waals surface area contributed by atoms with Crippen LogP contribution in [0.3, 0.4) is 0 Å². The van der Waals surface area contributed by atoms with Crippen LogP contribution in [-0.4, -0.2) is 19.3 Å². The number of hydrogen-bond donors (Lipinski definition) is 0. The van der Waals surface area contributed by atoms with E-state index in [2.05, 4.69) is 50.9 Å². The first-order valence-electron chi connectivity index (χ1n) is 7.22. The van der Waals surface area contributed by atoms with E-state index in [0.717, 1.165) is 29.7 Å². The summed E-state index contributed by atoms with van der Waals surface area (Å²) in [6.07, 6.45) is 5.66. The predicted octanol–water partition coefficient (Wildman–Crippen LogP) is 5.63. The number of rotatable bonds is 7. The lowest BCUT2D eigenvalue weighted by atomic mass is 9.76. The highest BCUT2D eigenvalue weighted by Gasteiger charge is 2.38. The molecule has 1 fully saturated rings. The summed E-state index contributed by atoms with van der Waals surface area (Å²) in [6, 6.07) is 6.33. The summed E-state index contributed by atoms with van der Waals surface area (Å²) in [6.45, 7) is 2.86. The highest BCUT2D eigenvalue weighted by atomic mass is 79.9. The molecule has 1 saturated carbocycles. The molecule has 0 N–H and O–H groups in total. The van der Waals surface area contributed by atoms with Gasteiger partial charge in [0.05, 0.1) is 16.7 Å². The van der Waals surface area contributed by atoms with Gasteiger partial charge in [0.25, 0.3) is 0 Å². The lowest BCUT2D eigenvalue weighted by Gasteiger charge is -2.42. The molecule has 0 amide bonds. The van der Waals surface area contributed by atoms with Crippen LogP contribution in [-0.2, 0) is 4.74 Å². The van der Waals surface area contributed by atoms with Crippen LogP contribution in [0.15, 0.2) is 22.7 Å². The van der Waals surface area contributed by atoms with Crippen molar-refractivity contribution in [2.24, 2.45) is 0 Å². The summed E-state index contributed by atoms with van der Waals surface area (Å²) >= 11 is 7.40. The van der Waals surface area contributed by atoms with E-state index >= 15 is 0 Å². The number of methoxy groups -OCH3 is 1. The Bertz CT molecular complexity index is 439. The molecule has 20 heavy (non-hydrogen) atoms. The van der Waals surface area contributed by atoms with Gasteiger partial charge >= 0.3 is 0 Å². The van der Waals surface area contributed by atoms with Gasteiger partial charge in [-0.1, -0.05) is 28.9 Å². The Kier molecular flexibility index (Phi) is 5.94. The number of ether oxygens (including phenoxy) is 2. The summed E-state index contributed by atoms with van der Waals surface area (Å²) in [5, 5.41) is 0. The van der Waals surface area contributed by atoms with Crippen molar-refractivity contribution < 1.29 is 9.47 Å². The highest BCUT2D eigenvalue weighted by Crippen LogP contribution is 2.45. The van der Waals surface area contributed by atoms with Crippen molar-refractivity contribution in [1.82, 2.24) is 0 Å². The predicted molar refractivity (Wildman–Crippen MR) is 89.8 cm³/mol. The van der Waals surface area contributed by atoms with Gasteiger partial charge in [0, 0.05) is 11.9 Å². The van der Waals surface area contributed by atoms with Crippen LogP contribution in [0, 0.1) is 0 Å². The van der Waals surface area contributed by atoms with Gasteiger partial charge in [-0.05, 0) is 65.7 Å². The van der Waals surface area contributed by atoms with E-state index in [-0.39, 0.29) is 5.60 Å². The minimum absolute atomic E-state index is 0.0814. The van der Waals surface area contributed by atoms with E-state index in [1.54, 1.807) is 0 Å². The molecule has 112 valence electrons. The van der Waals surface area contributed by atoms with Crippen LogP contribution in [0.5, 0.6) is 5.75 Å². The first-order chi connectivity index (χ1) is 9.60. The Morgan fingerprint density at radius 1 is 1.35 bits per heavy atom. The van der Waals surface area contributed by atoms with Crippen molar-refractivity contribution >= 4 is 31.9 Å². The Morgan fingerprint density at radius 3 is 2.60 bits per heavy atom. The maximum Gasteiger partial charge on any atom is 0.133 e. The van der Waals surface area contributed by atoms with E-state index < -0.39 is 0 Å². The Balaban J connectivity index is 2.03. The summed E-state index contributed by atoms with van der Waals surface area (Å²) < 4.78 is 12.4. The number of hydrogen-bond acceptors (Lipinski definition) is 2. The van der Waals surface area contributed by atoms with Gasteiger partial charge in [-0.15, -0.1) is 0 Å². The molecule has 2 rings (SSSR count). The zero-order valence-electron chi connectivity index (χ0n) is 12.1. The quantitative estimate of drug-likeness (QED) is 0.547. The lowest BCUT2D eigenvalue weighted by molar-refractivity contribution is -0.0773. The molecule has 0 saturated heterocycles. The number of alkyl halides is 1. The first kappa shape index (κ1) is 16.3. The third-order valence-electron chi connectivity index (χ3n) is 4.03. The minimum Gasteiger partial charge on any atom is -0.492 e. The summed E-state index contributed by atoms with van der Waals surface area (Å²) in [4.78, 5) is 0.319. The third-order valence-corrected chi connectivity index (χ3v) is 5.50. The van der Waals surface area contributed by atoms with Gasteiger partial charge in [0.1, 0.15) is 5.75 Å². The van der Waals surface area contributed by atoms with E-state index in [4.69, 9.17) is 9.47 Å². The van der Waals surface area contributed by atoms with Crippen molar-refractivity contribution in [3.63, 3.8) is 0 Å². The maximum absolute atomic E-state index is 5.71. The molecule has 4 heteroatoms. The van der Waals surface area contributed by atoms with Crippen LogP contribution in [0.4, 0.5) is 0 Å². The van der Waals surface area contributed by atoms with Gasteiger partial charge in [0.2, 0.25) is 0 Å². The minimum atomic E-state index is 0.0814. The molecule has 1 aliphatic carbocycles. The van der Waals surface area contributed by atoms with Crippen molar-refractivity contribution in [3.8, 4) is 5.75 Å². The molecule has 0 heterocycles. The topological polar surface area (TPSA) is 18.5 Å². The third kappa shape index (κ3) is 3.77. The van der Waals surface area contributed by atoms with E-state index in [0.29, 0.717) is 4.83 Å². The lowest BCUT2D eigenvalue weighted by Crippen LogP contribution is -2.39. The molecular formula is C16H22Br2O2. The Labute approximate surface area is 138 Å². The standard InChI is InChI=1S/C16H22Br2O2/c1-3-9-20-15-6-5-12(10-13(15)17)14(18)11-16(19-2)7-4-8-16/h5-6,10,14H,3-4,7-9,11H2,1-2H3. The largest absolute Gasteiger partial charge is 0.492 e. The van der Waals surface area contributed by atoms with Gasteiger partial charge in [-0.2, -0.15) is 0 Å². The van der Waals surface area contributed by atoms with Crippen LogP contribution in [0.1, 0.15) is 49.4 Å². The summed E-state index contributed by atoms with van der Waals surface area (Å²) in [5.74, 6) is 0.917. The second kappa shape index (κ2) is 7.28. The maximum atomic E-state index is 5.71. The van der Waals surface area contributed by atoms with Gasteiger partial charge in [-0.25, -0.2) is 0 Å². The summed E-state index contributed by atoms with van der Waals surface area (Å²) in [5.41, 5.74) is 1.35. The fourth-order valence-corrected chi connectivity index (χ4v) is 3.93. The van der Waals surface area contributed by atoms with Gasteiger partial charge in [-0.3, -0.25) is 0 Å². The molecule has 0 radical (unpaired) electrons. The molecule has 0 aliphatic heterocycles. The van der Waals surface area contributed by atoms with Crippen LogP contribution < -0.4 is 4.74 Å². The second-order valence-electron chi connectivity index (χ2n) is 5.45. The van der Waals surface area contributed by atoms with Crippen molar-refractivity contribution in [1.29, 1.82) is 0 Å². The molecule has 0 bridgehead atoms. The normalized spacial score (nSPS) is 18.4. The molecule has 2 nitrogen and oxygen atoms in total. The van der Waals surface area contributed by atoms with Crippen molar-refractivity contribution in [2.75, 3.05) is 13.7 Å². The molecule has 1 aromatic carbocycles. The van der Waals surface area contributed by atoms with E-state index in [9.17, 15) is 0 Å². The van der Waals surface area contributed by atoms with Gasteiger partial charge < -0.3 is 9.47 Å². The fraction of sp³-hybridized carbons (Fsp3) is 0.625. The molecule has 0 aromatic heterocycles. The SMILES string of the molecule is CCCOc1ccc(C(Br)CC2(OC)CCC2)cc1Br. The van der Waals surface area contributed by atoms with Crippen LogP contribution in [0.25, 0.3) is 0 Å². The second-order valence-corrected chi connectivity index (χ2v) is 7.41. The Hall–Kier alpha value is -0.0600. The molecule has 1 atom stereocenters. The average Bonchev–Trinajstić information content (AvgIpc) is 2.41. The Morgan fingerprint density at radius 2 is 2.10 bits per heavy atom. The number of halogens is 2. The smallest absolute Gasteiger partial charge is 0.133 e. The molecule has 0 spiro atoms. The average molecular weight is 406 g/mol. The van der Waals surface area contributed by atoms with Crippen molar-refractivity contribution in [3.05, 3.63) is 28.2 Å². The highest BCUT2D eigenvalue weighted by molar-refractivity contribution is 9.10. The molecular weight excluding hydrogens is 384 g/mol. The molecule has 1 aliphatic rings. The van der Waals surface area contributed by atoms with E-state index in [1.165, 1.54) is 24.8 Å². The van der Waals surface area contributed by atoms with Crippen LogP contribution >= 0.6 is 31.9 Å². The van der Waals surface area contributed by atoms with Crippen molar-refractivity contribution in [2.45, 2.75) is 49.5 Å². The first-order valence-corrected chi connectivity index (χ1v) is 8.92. The monoisotopic (exact) mass is 404 g/mol. The molecule has 1 aromatic rings. The van der Waals surface area contributed by atoms with Gasteiger partial charge in [0.15, 0.2) is 0 Å². The zero-order valence-corrected chi connectivity index (χ0v) is 15.3. The zero-order chi connectivity index (χ0) is 14.6. The summed E-state index contributed by atoms with van der Waals surface area (Å²) in [7, 11) is 1.83. The fourth-order valence-electron chi connectivity index (χ4n) is 2.55. The molecule has 1 unspecified atom stereocenters. The van der Waals surface area contributed by atoms with Crippen LogP contribution in [0.2, 0.25) is 0 Å². The van der Waals surface area contributed by atoms with E-state index in [1.807, 2.05) is 13.2 Å². The number of benzene rings is 1.